The third-order valence-corrected chi connectivity index (χ3v) is 8.84. The first kappa shape index (κ1) is 20.5. The van der Waals surface area contributed by atoms with Gasteiger partial charge in [0.05, 0.1) is 5.75 Å². The van der Waals surface area contributed by atoms with Crippen LogP contribution in [0.2, 0.25) is 5.02 Å². The van der Waals surface area contributed by atoms with Gasteiger partial charge in [0.25, 0.3) is 0 Å². The van der Waals surface area contributed by atoms with Crippen LogP contribution in [0.4, 0.5) is 0 Å². The van der Waals surface area contributed by atoms with E-state index in [2.05, 4.69) is 33.9 Å². The van der Waals surface area contributed by atoms with Crippen LogP contribution < -0.4 is 0 Å². The van der Waals surface area contributed by atoms with Crippen LogP contribution in [0.3, 0.4) is 0 Å². The van der Waals surface area contributed by atoms with Gasteiger partial charge in [0.1, 0.15) is 5.82 Å². The molecule has 0 radical (unpaired) electrons. The summed E-state index contributed by atoms with van der Waals surface area (Å²) < 4.78 is 2.24. The summed E-state index contributed by atoms with van der Waals surface area (Å²) in [5, 5.41) is 10.9. The summed E-state index contributed by atoms with van der Waals surface area (Å²) in [6, 6.07) is 17.5. The Kier molecular flexibility index (Phi) is 5.14. The molecule has 32 heavy (non-hydrogen) atoms. The van der Waals surface area contributed by atoms with E-state index in [1.807, 2.05) is 6.07 Å². The smallest absolute Gasteiger partial charge is 0.196 e. The number of hydrogen-bond acceptors (Lipinski definition) is 4. The minimum Gasteiger partial charge on any atom is -0.293 e. The summed E-state index contributed by atoms with van der Waals surface area (Å²) in [6.45, 7) is 0. The van der Waals surface area contributed by atoms with Gasteiger partial charge >= 0.3 is 0 Å². The van der Waals surface area contributed by atoms with E-state index in [1.54, 1.807) is 24.3 Å². The Labute approximate surface area is 197 Å². The summed E-state index contributed by atoms with van der Waals surface area (Å²) in [4.78, 5) is 12.8. The Morgan fingerprint density at radius 2 is 1.56 bits per heavy atom. The number of benzene rings is 2. The summed E-state index contributed by atoms with van der Waals surface area (Å²) >= 11 is 7.45. The van der Waals surface area contributed by atoms with Crippen LogP contribution in [-0.4, -0.2) is 26.3 Å². The lowest BCUT2D eigenvalue weighted by Gasteiger charge is -2.56. The molecule has 0 atom stereocenters. The van der Waals surface area contributed by atoms with E-state index in [9.17, 15) is 4.79 Å². The lowest BCUT2D eigenvalue weighted by Crippen LogP contribution is -2.49. The highest BCUT2D eigenvalue weighted by Gasteiger charge is 2.54. The Balaban J connectivity index is 1.34. The predicted molar refractivity (Wildman–Crippen MR) is 128 cm³/mol. The van der Waals surface area contributed by atoms with Gasteiger partial charge in [0.2, 0.25) is 0 Å². The van der Waals surface area contributed by atoms with E-state index in [4.69, 9.17) is 16.7 Å². The van der Waals surface area contributed by atoms with E-state index in [-0.39, 0.29) is 11.2 Å². The molecule has 0 aliphatic heterocycles. The lowest BCUT2D eigenvalue weighted by atomic mass is 9.49. The van der Waals surface area contributed by atoms with Crippen molar-refractivity contribution >= 4 is 29.1 Å². The Morgan fingerprint density at radius 1 is 0.938 bits per heavy atom. The largest absolute Gasteiger partial charge is 0.293 e. The van der Waals surface area contributed by atoms with Gasteiger partial charge in [-0.25, -0.2) is 0 Å². The van der Waals surface area contributed by atoms with Crippen LogP contribution in [0.25, 0.3) is 5.69 Å². The van der Waals surface area contributed by atoms with Crippen LogP contribution >= 0.6 is 23.4 Å². The van der Waals surface area contributed by atoms with Gasteiger partial charge in [-0.1, -0.05) is 41.6 Å². The monoisotopic (exact) mass is 463 g/mol. The Bertz CT molecular complexity index is 1110. The maximum absolute atomic E-state index is 12.8. The highest BCUT2D eigenvalue weighted by molar-refractivity contribution is 7.99. The first-order valence-electron chi connectivity index (χ1n) is 11.5. The number of nitrogens with zero attached hydrogens (tertiary/aromatic N) is 3. The number of ketones is 1. The summed E-state index contributed by atoms with van der Waals surface area (Å²) in [5.41, 5.74) is 1.90. The van der Waals surface area contributed by atoms with E-state index < -0.39 is 0 Å². The quantitative estimate of drug-likeness (QED) is 0.315. The fourth-order valence-corrected chi connectivity index (χ4v) is 7.72. The van der Waals surface area contributed by atoms with E-state index in [1.165, 1.54) is 50.3 Å². The van der Waals surface area contributed by atoms with Gasteiger partial charge in [-0.15, -0.1) is 10.2 Å². The molecule has 164 valence electrons. The third kappa shape index (κ3) is 3.60. The van der Waals surface area contributed by atoms with Crippen LogP contribution in [0.1, 0.15) is 54.7 Å². The number of thioether (sulfide) groups is 1. The van der Waals surface area contributed by atoms with Crippen molar-refractivity contribution in [3.05, 3.63) is 71.0 Å². The molecule has 7 rings (SSSR count). The molecule has 4 nitrogen and oxygen atoms in total. The van der Waals surface area contributed by atoms with Crippen molar-refractivity contribution in [2.45, 2.75) is 49.1 Å². The van der Waals surface area contributed by atoms with Crippen molar-refractivity contribution in [1.82, 2.24) is 14.8 Å². The molecular weight excluding hydrogens is 438 g/mol. The van der Waals surface area contributed by atoms with Crippen LogP contribution in [0, 0.1) is 17.8 Å². The fraction of sp³-hybridized carbons (Fsp3) is 0.423. The first-order chi connectivity index (χ1) is 15.6. The van der Waals surface area contributed by atoms with E-state index in [0.29, 0.717) is 16.3 Å². The van der Waals surface area contributed by atoms with Gasteiger partial charge < -0.3 is 0 Å². The second kappa shape index (κ2) is 8.03. The number of hydrogen-bond donors (Lipinski definition) is 0. The normalized spacial score (nSPS) is 28.2. The number of rotatable bonds is 6. The van der Waals surface area contributed by atoms with Gasteiger partial charge in [-0.3, -0.25) is 9.36 Å². The van der Waals surface area contributed by atoms with Crippen molar-refractivity contribution in [3.8, 4) is 5.69 Å². The molecule has 0 spiro atoms. The predicted octanol–water partition coefficient (Wildman–Crippen LogP) is 6.36. The van der Waals surface area contributed by atoms with Gasteiger partial charge in [0, 0.05) is 21.7 Å². The van der Waals surface area contributed by atoms with Crippen molar-refractivity contribution in [2.24, 2.45) is 17.8 Å². The van der Waals surface area contributed by atoms with Crippen molar-refractivity contribution in [2.75, 3.05) is 5.75 Å². The number of halogens is 1. The standard InChI is InChI=1S/C26H26ClN3OS/c27-21-8-6-20(7-9-21)23(31)16-32-25-29-28-24(30(25)22-4-2-1-3-5-22)26-13-17-10-18(14-26)12-19(11-17)15-26/h1-9,17-19H,10-16H2. The zero-order chi connectivity index (χ0) is 21.7. The van der Waals surface area contributed by atoms with Crippen LogP contribution in [0.15, 0.2) is 59.8 Å². The molecule has 6 heteroatoms. The van der Waals surface area contributed by atoms with Crippen molar-refractivity contribution in [1.29, 1.82) is 0 Å². The molecule has 0 saturated heterocycles. The van der Waals surface area contributed by atoms with E-state index >= 15 is 0 Å². The molecule has 4 saturated carbocycles. The third-order valence-electron chi connectivity index (χ3n) is 7.66. The molecule has 0 amide bonds. The summed E-state index contributed by atoms with van der Waals surface area (Å²) in [7, 11) is 0. The Morgan fingerprint density at radius 3 is 2.19 bits per heavy atom. The zero-order valence-corrected chi connectivity index (χ0v) is 19.5. The topological polar surface area (TPSA) is 47.8 Å². The summed E-state index contributed by atoms with van der Waals surface area (Å²) in [5.74, 6) is 4.03. The molecule has 4 aliphatic carbocycles. The fourth-order valence-electron chi connectivity index (χ4n) is 6.75. The summed E-state index contributed by atoms with van der Waals surface area (Å²) in [6.07, 6.45) is 7.90. The molecular formula is C26H26ClN3OS. The number of aromatic nitrogens is 3. The number of para-hydroxylation sites is 1. The van der Waals surface area contributed by atoms with Crippen molar-refractivity contribution < 1.29 is 4.79 Å². The molecule has 0 unspecified atom stereocenters. The average molecular weight is 464 g/mol. The first-order valence-corrected chi connectivity index (χ1v) is 12.9. The number of carbonyl (C=O) groups is 1. The molecule has 2 aromatic carbocycles. The van der Waals surface area contributed by atoms with Gasteiger partial charge in [-0.2, -0.15) is 0 Å². The Hall–Kier alpha value is -2.11. The maximum Gasteiger partial charge on any atom is 0.196 e. The highest BCUT2D eigenvalue weighted by Crippen LogP contribution is 2.60. The number of Topliss-reactive ketones (excluding diaryl/α,β-unsaturated/α-hetero) is 1. The average Bonchev–Trinajstić information content (AvgIpc) is 3.23. The molecule has 3 aromatic rings. The minimum atomic E-state index is 0.0747. The van der Waals surface area contributed by atoms with Crippen LogP contribution in [-0.2, 0) is 5.41 Å². The lowest BCUT2D eigenvalue weighted by molar-refractivity contribution is -0.0103. The molecule has 4 aliphatic rings. The minimum absolute atomic E-state index is 0.0747. The SMILES string of the molecule is O=C(CSc1nnc(C23CC4CC(CC(C4)C2)C3)n1-c1ccccc1)c1ccc(Cl)cc1. The van der Waals surface area contributed by atoms with Gasteiger partial charge in [-0.05, 0) is 92.7 Å². The second-order valence-corrected chi connectivity index (χ2v) is 11.3. The van der Waals surface area contributed by atoms with Crippen LogP contribution in [0.5, 0.6) is 0 Å². The van der Waals surface area contributed by atoms with Gasteiger partial charge in [0.15, 0.2) is 10.9 Å². The molecule has 1 heterocycles. The van der Waals surface area contributed by atoms with E-state index in [0.717, 1.165) is 34.4 Å². The van der Waals surface area contributed by atoms with Crippen molar-refractivity contribution in [3.63, 3.8) is 0 Å². The molecule has 4 bridgehead atoms. The number of carbonyl (C=O) groups excluding carboxylic acids is 1. The maximum atomic E-state index is 12.8. The zero-order valence-electron chi connectivity index (χ0n) is 17.9. The second-order valence-electron chi connectivity index (χ2n) is 9.89. The highest BCUT2D eigenvalue weighted by atomic mass is 35.5. The molecule has 0 N–H and O–H groups in total. The molecule has 1 aromatic heterocycles. The molecule has 4 fully saturated rings.